The number of nitriles is 1. The Balaban J connectivity index is 1.93. The SMILES string of the molecule is COC(=O)[C@@]1(CCC#N)C(=O)C[C@@H]2CC[C@H]1N2Cc1cccc(OC)c1. The zero-order chi connectivity index (χ0) is 18.7. The summed E-state index contributed by atoms with van der Waals surface area (Å²) in [4.78, 5) is 27.9. The van der Waals surface area contributed by atoms with E-state index in [1.165, 1.54) is 7.11 Å². The summed E-state index contributed by atoms with van der Waals surface area (Å²) in [5.74, 6) is 0.208. The number of carbonyl (C=O) groups excluding carboxylic acids is 2. The first-order chi connectivity index (χ1) is 12.6. The van der Waals surface area contributed by atoms with Gasteiger partial charge in [0.05, 0.1) is 20.3 Å². The molecule has 0 unspecified atom stereocenters. The van der Waals surface area contributed by atoms with Gasteiger partial charge in [0.1, 0.15) is 11.2 Å². The molecular formula is C20H24N2O4. The van der Waals surface area contributed by atoms with Gasteiger partial charge in [0, 0.05) is 31.5 Å². The van der Waals surface area contributed by atoms with Crippen molar-refractivity contribution in [3.05, 3.63) is 29.8 Å². The lowest BCUT2D eigenvalue weighted by atomic mass is 9.69. The van der Waals surface area contributed by atoms with E-state index in [0.29, 0.717) is 13.0 Å². The van der Waals surface area contributed by atoms with Crippen LogP contribution in [0.2, 0.25) is 0 Å². The highest BCUT2D eigenvalue weighted by Gasteiger charge is 2.61. The first kappa shape index (κ1) is 18.4. The second kappa shape index (κ2) is 7.46. The van der Waals surface area contributed by atoms with Gasteiger partial charge in [-0.05, 0) is 37.0 Å². The lowest BCUT2D eigenvalue weighted by Gasteiger charge is -2.45. The number of ether oxygens (including phenoxy) is 2. The van der Waals surface area contributed by atoms with Crippen LogP contribution in [0.25, 0.3) is 0 Å². The molecule has 3 rings (SSSR count). The molecule has 3 atom stereocenters. The second-order valence-electron chi connectivity index (χ2n) is 7.02. The smallest absolute Gasteiger partial charge is 0.321 e. The molecular weight excluding hydrogens is 332 g/mol. The fourth-order valence-corrected chi connectivity index (χ4v) is 4.58. The van der Waals surface area contributed by atoms with Crippen LogP contribution in [-0.2, 0) is 20.9 Å². The van der Waals surface area contributed by atoms with E-state index in [9.17, 15) is 9.59 Å². The van der Waals surface area contributed by atoms with Crippen molar-refractivity contribution < 1.29 is 19.1 Å². The second-order valence-corrected chi connectivity index (χ2v) is 7.02. The van der Waals surface area contributed by atoms with Crippen molar-refractivity contribution in [3.63, 3.8) is 0 Å². The minimum Gasteiger partial charge on any atom is -0.497 e. The van der Waals surface area contributed by atoms with Gasteiger partial charge in [-0.25, -0.2) is 0 Å². The Morgan fingerprint density at radius 1 is 1.38 bits per heavy atom. The molecule has 0 spiro atoms. The molecule has 2 saturated heterocycles. The van der Waals surface area contributed by atoms with E-state index in [-0.39, 0.29) is 30.7 Å². The van der Waals surface area contributed by atoms with Crippen LogP contribution in [0.15, 0.2) is 24.3 Å². The highest BCUT2D eigenvalue weighted by molar-refractivity contribution is 6.05. The third-order valence-electron chi connectivity index (χ3n) is 5.81. The molecule has 2 heterocycles. The lowest BCUT2D eigenvalue weighted by Crippen LogP contribution is -2.60. The standard InChI is InChI=1S/C20H24N2O4/c1-25-16-6-3-5-14(11-16)13-22-15-7-8-17(22)20(9-4-10-21,18(23)12-15)19(24)26-2/h3,5-6,11,15,17H,4,7-9,12-13H2,1-2H3/t15-,17+,20+/m0/s1. The van der Waals surface area contributed by atoms with Gasteiger partial charge < -0.3 is 9.47 Å². The number of methoxy groups -OCH3 is 2. The van der Waals surface area contributed by atoms with Crippen LogP contribution in [0.5, 0.6) is 5.75 Å². The van der Waals surface area contributed by atoms with Crippen molar-refractivity contribution in [2.75, 3.05) is 14.2 Å². The number of esters is 1. The molecule has 0 aromatic heterocycles. The molecule has 2 bridgehead atoms. The topological polar surface area (TPSA) is 79.6 Å². The molecule has 0 N–H and O–H groups in total. The van der Waals surface area contributed by atoms with Crippen LogP contribution in [0, 0.1) is 16.7 Å². The quantitative estimate of drug-likeness (QED) is 0.575. The number of rotatable bonds is 6. The average Bonchev–Trinajstić information content (AvgIpc) is 2.97. The van der Waals surface area contributed by atoms with Crippen molar-refractivity contribution >= 4 is 11.8 Å². The number of hydrogen-bond donors (Lipinski definition) is 0. The Kier molecular flexibility index (Phi) is 5.28. The maximum Gasteiger partial charge on any atom is 0.321 e. The molecule has 1 aromatic carbocycles. The highest BCUT2D eigenvalue weighted by Crippen LogP contribution is 2.48. The molecule has 2 aliphatic rings. The highest BCUT2D eigenvalue weighted by atomic mass is 16.5. The van der Waals surface area contributed by atoms with Crippen LogP contribution in [0.3, 0.4) is 0 Å². The van der Waals surface area contributed by atoms with Crippen LogP contribution < -0.4 is 4.74 Å². The van der Waals surface area contributed by atoms with Crippen LogP contribution >= 0.6 is 0 Å². The van der Waals surface area contributed by atoms with Gasteiger partial charge in [0.25, 0.3) is 0 Å². The fourth-order valence-electron chi connectivity index (χ4n) is 4.58. The molecule has 0 amide bonds. The predicted molar refractivity (Wildman–Crippen MR) is 94.3 cm³/mol. The first-order valence-electron chi connectivity index (χ1n) is 8.94. The van der Waals surface area contributed by atoms with Crippen molar-refractivity contribution in [2.24, 2.45) is 5.41 Å². The zero-order valence-corrected chi connectivity index (χ0v) is 15.2. The van der Waals surface area contributed by atoms with Gasteiger partial charge in [-0.1, -0.05) is 12.1 Å². The molecule has 0 aliphatic carbocycles. The van der Waals surface area contributed by atoms with Crippen molar-refractivity contribution in [2.45, 2.75) is 50.7 Å². The van der Waals surface area contributed by atoms with Crippen LogP contribution in [0.1, 0.15) is 37.7 Å². The summed E-state index contributed by atoms with van der Waals surface area (Å²) in [6.07, 6.45) is 2.36. The van der Waals surface area contributed by atoms with Gasteiger partial charge in [0.2, 0.25) is 0 Å². The van der Waals surface area contributed by atoms with Gasteiger partial charge in [-0.2, -0.15) is 5.26 Å². The van der Waals surface area contributed by atoms with E-state index in [4.69, 9.17) is 14.7 Å². The van der Waals surface area contributed by atoms with E-state index < -0.39 is 11.4 Å². The third-order valence-corrected chi connectivity index (χ3v) is 5.81. The fraction of sp³-hybridized carbons (Fsp3) is 0.550. The van der Waals surface area contributed by atoms with E-state index in [0.717, 1.165) is 24.2 Å². The van der Waals surface area contributed by atoms with Crippen LogP contribution in [0.4, 0.5) is 0 Å². The number of benzene rings is 1. The monoisotopic (exact) mass is 356 g/mol. The summed E-state index contributed by atoms with van der Waals surface area (Å²) in [7, 11) is 2.95. The van der Waals surface area contributed by atoms with Gasteiger partial charge >= 0.3 is 5.97 Å². The molecule has 2 aliphatic heterocycles. The van der Waals surface area contributed by atoms with E-state index >= 15 is 0 Å². The lowest BCUT2D eigenvalue weighted by molar-refractivity contribution is -0.167. The number of nitrogens with zero attached hydrogens (tertiary/aromatic N) is 2. The Morgan fingerprint density at radius 3 is 2.88 bits per heavy atom. The van der Waals surface area contributed by atoms with E-state index in [2.05, 4.69) is 11.0 Å². The Bertz CT molecular complexity index is 742. The zero-order valence-electron chi connectivity index (χ0n) is 15.2. The summed E-state index contributed by atoms with van der Waals surface area (Å²) in [6.45, 7) is 0.644. The molecule has 138 valence electrons. The van der Waals surface area contributed by atoms with Gasteiger partial charge in [-0.3, -0.25) is 14.5 Å². The molecule has 26 heavy (non-hydrogen) atoms. The number of piperidine rings is 1. The maximum absolute atomic E-state index is 12.9. The van der Waals surface area contributed by atoms with Gasteiger partial charge in [0.15, 0.2) is 5.78 Å². The molecule has 0 radical (unpaired) electrons. The van der Waals surface area contributed by atoms with Gasteiger partial charge in [-0.15, -0.1) is 0 Å². The Labute approximate surface area is 153 Å². The molecule has 0 saturated carbocycles. The Morgan fingerprint density at radius 2 is 2.19 bits per heavy atom. The van der Waals surface area contributed by atoms with Crippen LogP contribution in [-0.4, -0.2) is 43.0 Å². The molecule has 1 aromatic rings. The first-order valence-corrected chi connectivity index (χ1v) is 8.94. The average molecular weight is 356 g/mol. The maximum atomic E-state index is 12.9. The normalized spacial score (nSPS) is 27.8. The summed E-state index contributed by atoms with van der Waals surface area (Å²) in [5.41, 5.74) is -0.147. The summed E-state index contributed by atoms with van der Waals surface area (Å²) >= 11 is 0. The minimum atomic E-state index is -1.23. The van der Waals surface area contributed by atoms with E-state index in [1.807, 2.05) is 24.3 Å². The third kappa shape index (κ3) is 2.97. The van der Waals surface area contributed by atoms with Crippen molar-refractivity contribution in [1.29, 1.82) is 5.26 Å². The Hall–Kier alpha value is -2.39. The number of hydrogen-bond acceptors (Lipinski definition) is 6. The summed E-state index contributed by atoms with van der Waals surface area (Å²) in [5, 5.41) is 9.04. The minimum absolute atomic E-state index is 0.0750. The largest absolute Gasteiger partial charge is 0.497 e. The number of Topliss-reactive ketones (excluding diaryl/α,β-unsaturated/α-hetero) is 1. The van der Waals surface area contributed by atoms with Crippen molar-refractivity contribution in [1.82, 2.24) is 4.90 Å². The summed E-state index contributed by atoms with van der Waals surface area (Å²) in [6, 6.07) is 9.83. The number of ketones is 1. The molecule has 2 fully saturated rings. The number of carbonyl (C=O) groups is 2. The number of fused-ring (bicyclic) bond motifs is 2. The molecule has 6 nitrogen and oxygen atoms in total. The predicted octanol–water partition coefficient (Wildman–Crippen LogP) is 2.46. The summed E-state index contributed by atoms with van der Waals surface area (Å²) < 4.78 is 10.3. The van der Waals surface area contributed by atoms with E-state index in [1.54, 1.807) is 7.11 Å². The van der Waals surface area contributed by atoms with Crippen molar-refractivity contribution in [3.8, 4) is 11.8 Å². The molecule has 6 heteroatoms.